The number of ether oxygens (including phenoxy) is 3. The molecule has 156 valence electrons. The second-order valence-corrected chi connectivity index (χ2v) is 8.51. The number of carbonyl (C=O) groups excluding carboxylic acids is 2. The van der Waals surface area contributed by atoms with Crippen molar-refractivity contribution in [1.82, 2.24) is 0 Å². The minimum Gasteiger partial charge on any atom is -0.490 e. The molecule has 30 heavy (non-hydrogen) atoms. The molecule has 1 amide bonds. The number of thioether (sulfide) groups is 1. The molecule has 0 aliphatic carbocycles. The van der Waals surface area contributed by atoms with E-state index in [1.165, 1.54) is 23.8 Å². The number of hydrogen-bond donors (Lipinski definition) is 0. The summed E-state index contributed by atoms with van der Waals surface area (Å²) in [6.07, 6.45) is 1.75. The first-order valence-corrected chi connectivity index (χ1v) is 10.9. The monoisotopic (exact) mass is 507 g/mol. The van der Waals surface area contributed by atoms with Crippen LogP contribution in [0.25, 0.3) is 6.08 Å². The van der Waals surface area contributed by atoms with Crippen molar-refractivity contribution in [1.29, 1.82) is 0 Å². The van der Waals surface area contributed by atoms with E-state index in [-0.39, 0.29) is 12.5 Å². The van der Waals surface area contributed by atoms with Gasteiger partial charge in [0.2, 0.25) is 0 Å². The van der Waals surface area contributed by atoms with Gasteiger partial charge in [0.25, 0.3) is 5.91 Å². The number of nitrogens with zero attached hydrogens (tertiary/aromatic N) is 1. The van der Waals surface area contributed by atoms with Crippen molar-refractivity contribution < 1.29 is 23.8 Å². The van der Waals surface area contributed by atoms with E-state index in [1.54, 1.807) is 18.2 Å². The highest BCUT2D eigenvalue weighted by Gasteiger charge is 2.33. The minimum absolute atomic E-state index is 0.184. The highest BCUT2D eigenvalue weighted by Crippen LogP contribution is 2.40. The number of anilines is 1. The molecule has 0 saturated carbocycles. The lowest BCUT2D eigenvalue weighted by Gasteiger charge is -2.14. The van der Waals surface area contributed by atoms with Gasteiger partial charge in [-0.2, -0.15) is 0 Å². The van der Waals surface area contributed by atoms with Gasteiger partial charge in [-0.05, 0) is 58.8 Å². The smallest absolute Gasteiger partial charge is 0.343 e. The molecule has 0 atom stereocenters. The van der Waals surface area contributed by atoms with E-state index in [9.17, 15) is 9.59 Å². The van der Waals surface area contributed by atoms with Gasteiger partial charge in [0.05, 0.1) is 28.8 Å². The van der Waals surface area contributed by atoms with Crippen LogP contribution in [0.5, 0.6) is 11.5 Å². The van der Waals surface area contributed by atoms with Gasteiger partial charge in [0, 0.05) is 0 Å². The summed E-state index contributed by atoms with van der Waals surface area (Å²) in [6.45, 7) is 2.00. The Morgan fingerprint density at radius 2 is 1.97 bits per heavy atom. The summed E-state index contributed by atoms with van der Waals surface area (Å²) in [5, 5.41) is 0. The second kappa shape index (κ2) is 10.1. The van der Waals surface area contributed by atoms with Crippen LogP contribution in [0.2, 0.25) is 0 Å². The highest BCUT2D eigenvalue weighted by atomic mass is 79.9. The number of carbonyl (C=O) groups is 2. The Morgan fingerprint density at radius 1 is 1.23 bits per heavy atom. The molecule has 1 aliphatic heterocycles. The zero-order chi connectivity index (χ0) is 21.7. The molecule has 1 saturated heterocycles. The summed E-state index contributed by atoms with van der Waals surface area (Å²) in [4.78, 5) is 26.3. The minimum atomic E-state index is -0.502. The van der Waals surface area contributed by atoms with Crippen molar-refractivity contribution in [3.05, 3.63) is 57.4 Å². The Labute approximate surface area is 192 Å². The third kappa shape index (κ3) is 5.03. The number of amides is 1. The maximum absolute atomic E-state index is 12.9. The summed E-state index contributed by atoms with van der Waals surface area (Å²) in [5.41, 5.74) is 1.45. The molecule has 9 heteroatoms. The molecule has 1 fully saturated rings. The number of benzene rings is 2. The zero-order valence-corrected chi connectivity index (χ0v) is 19.4. The molecule has 1 heterocycles. The van der Waals surface area contributed by atoms with Gasteiger partial charge < -0.3 is 14.2 Å². The molecular formula is C21H18BrNO5S2. The van der Waals surface area contributed by atoms with Gasteiger partial charge in [-0.1, -0.05) is 42.2 Å². The number of hydrogen-bond acceptors (Lipinski definition) is 7. The van der Waals surface area contributed by atoms with Gasteiger partial charge >= 0.3 is 5.97 Å². The Morgan fingerprint density at radius 3 is 2.63 bits per heavy atom. The average molecular weight is 508 g/mol. The van der Waals surface area contributed by atoms with E-state index in [2.05, 4.69) is 20.7 Å². The molecule has 0 bridgehead atoms. The number of esters is 1. The summed E-state index contributed by atoms with van der Waals surface area (Å²) < 4.78 is 16.9. The predicted molar refractivity (Wildman–Crippen MR) is 125 cm³/mol. The van der Waals surface area contributed by atoms with E-state index < -0.39 is 5.97 Å². The van der Waals surface area contributed by atoms with Crippen molar-refractivity contribution in [2.24, 2.45) is 0 Å². The Kier molecular flexibility index (Phi) is 7.52. The first kappa shape index (κ1) is 22.3. The largest absolute Gasteiger partial charge is 0.490 e. The Hall–Kier alpha value is -2.36. The molecule has 0 unspecified atom stereocenters. The van der Waals surface area contributed by atoms with Crippen LogP contribution in [0.3, 0.4) is 0 Å². The molecule has 6 nitrogen and oxygen atoms in total. The van der Waals surface area contributed by atoms with Crippen molar-refractivity contribution >= 4 is 67.9 Å². The van der Waals surface area contributed by atoms with Gasteiger partial charge in [0.1, 0.15) is 0 Å². The number of rotatable bonds is 7. The van der Waals surface area contributed by atoms with E-state index >= 15 is 0 Å². The van der Waals surface area contributed by atoms with Crippen molar-refractivity contribution in [3.8, 4) is 11.5 Å². The van der Waals surface area contributed by atoms with Crippen LogP contribution in [-0.4, -0.2) is 36.5 Å². The second-order valence-electron chi connectivity index (χ2n) is 5.98. The fraction of sp³-hybridized carbons (Fsp3) is 0.190. The first-order chi connectivity index (χ1) is 14.4. The normalized spacial score (nSPS) is 14.9. The lowest BCUT2D eigenvalue weighted by Crippen LogP contribution is -2.27. The first-order valence-electron chi connectivity index (χ1n) is 8.93. The molecule has 1 aliphatic rings. The summed E-state index contributed by atoms with van der Waals surface area (Å²) >= 11 is 10.1. The molecule has 0 N–H and O–H groups in total. The molecular weight excluding hydrogens is 490 g/mol. The van der Waals surface area contributed by atoms with Crippen LogP contribution in [0.1, 0.15) is 12.5 Å². The van der Waals surface area contributed by atoms with Crippen LogP contribution in [0.15, 0.2) is 51.8 Å². The number of halogens is 1. The van der Waals surface area contributed by atoms with E-state index in [1.807, 2.05) is 37.3 Å². The maximum atomic E-state index is 12.9. The number of thiocarbonyl (C=S) groups is 1. The standard InChI is InChI=1S/C21H18BrNO5S2/c1-3-27-16-10-13(9-15(22)19(16)28-12-18(24)26-2)11-17-20(25)23(21(29)30-17)14-7-5-4-6-8-14/h4-11H,3,12H2,1-2H3/b17-11+. The third-order valence-electron chi connectivity index (χ3n) is 4.00. The van der Waals surface area contributed by atoms with Crippen LogP contribution in [0, 0.1) is 0 Å². The highest BCUT2D eigenvalue weighted by molar-refractivity contribution is 9.10. The Balaban J connectivity index is 1.90. The van der Waals surface area contributed by atoms with Crippen molar-refractivity contribution in [2.75, 3.05) is 25.2 Å². The lowest BCUT2D eigenvalue weighted by molar-refractivity contribution is -0.142. The maximum Gasteiger partial charge on any atom is 0.343 e. The third-order valence-corrected chi connectivity index (χ3v) is 5.89. The van der Waals surface area contributed by atoms with Gasteiger partial charge in [-0.15, -0.1) is 0 Å². The molecule has 3 rings (SSSR count). The van der Waals surface area contributed by atoms with E-state index in [0.29, 0.717) is 31.8 Å². The summed E-state index contributed by atoms with van der Waals surface area (Å²) in [6, 6.07) is 12.8. The fourth-order valence-corrected chi connectivity index (χ4v) is 4.56. The van der Waals surface area contributed by atoms with Crippen LogP contribution >= 0.6 is 39.9 Å². The van der Waals surface area contributed by atoms with Crippen LogP contribution in [-0.2, 0) is 14.3 Å². The molecule has 0 radical (unpaired) electrons. The molecule has 0 aromatic heterocycles. The SMILES string of the molecule is CCOc1cc(/C=C2/SC(=S)N(c3ccccc3)C2=O)cc(Br)c1OCC(=O)OC. The topological polar surface area (TPSA) is 65.1 Å². The fourth-order valence-electron chi connectivity index (χ4n) is 2.68. The van der Waals surface area contributed by atoms with Gasteiger partial charge in [0.15, 0.2) is 22.4 Å². The zero-order valence-electron chi connectivity index (χ0n) is 16.2. The number of methoxy groups -OCH3 is 1. The van der Waals surface area contributed by atoms with E-state index in [4.69, 9.17) is 21.7 Å². The van der Waals surface area contributed by atoms with Crippen LogP contribution < -0.4 is 14.4 Å². The summed E-state index contributed by atoms with van der Waals surface area (Å²) in [7, 11) is 1.29. The van der Waals surface area contributed by atoms with Crippen molar-refractivity contribution in [2.45, 2.75) is 6.92 Å². The van der Waals surface area contributed by atoms with Crippen LogP contribution in [0.4, 0.5) is 5.69 Å². The van der Waals surface area contributed by atoms with Gasteiger partial charge in [-0.25, -0.2) is 4.79 Å². The van der Waals surface area contributed by atoms with Crippen molar-refractivity contribution in [3.63, 3.8) is 0 Å². The molecule has 2 aromatic rings. The predicted octanol–water partition coefficient (Wildman–Crippen LogP) is 4.81. The molecule has 0 spiro atoms. The lowest BCUT2D eigenvalue weighted by atomic mass is 10.1. The quantitative estimate of drug-likeness (QED) is 0.302. The number of para-hydroxylation sites is 1. The van der Waals surface area contributed by atoms with Gasteiger partial charge in [-0.3, -0.25) is 9.69 Å². The van der Waals surface area contributed by atoms with E-state index in [0.717, 1.165) is 11.3 Å². The average Bonchev–Trinajstić information content (AvgIpc) is 3.01. The summed E-state index contributed by atoms with van der Waals surface area (Å²) in [5.74, 6) is 0.145. The molecule has 2 aromatic carbocycles. The Bertz CT molecular complexity index is 1010.